The lowest BCUT2D eigenvalue weighted by molar-refractivity contribution is -0.149. The minimum absolute atomic E-state index is 0.0292. The van der Waals surface area contributed by atoms with Crippen molar-refractivity contribution in [2.24, 2.45) is 0 Å². The van der Waals surface area contributed by atoms with Gasteiger partial charge >= 0.3 is 6.18 Å². The van der Waals surface area contributed by atoms with Gasteiger partial charge in [-0.3, -0.25) is 4.79 Å². The first-order chi connectivity index (χ1) is 14.8. The minimum atomic E-state index is -4.49. The number of pyridine rings is 1. The number of carbonyl (C=O) groups excluding carboxylic acids is 1. The molecule has 0 spiro atoms. The second-order valence-electron chi connectivity index (χ2n) is 7.62. The fraction of sp³-hybridized carbons (Fsp3) is 0.474. The van der Waals surface area contributed by atoms with Gasteiger partial charge in [0.2, 0.25) is 5.95 Å². The molecule has 1 fully saturated rings. The molecule has 176 valence electrons. The van der Waals surface area contributed by atoms with Crippen LogP contribution < -0.4 is 10.2 Å². The SMILES string of the molecule is CC(C)(C)OC=O.Fc1cc(-c2nc(Cl)c(Cl)c(N3CCNCC3C(F)(F)F)n2)ccn1. The Morgan fingerprint density at radius 1 is 1.25 bits per heavy atom. The van der Waals surface area contributed by atoms with E-state index in [0.29, 0.717) is 13.0 Å². The molecule has 3 rings (SSSR count). The average molecular weight is 498 g/mol. The number of aromatic nitrogens is 3. The molecule has 1 N–H and O–H groups in total. The van der Waals surface area contributed by atoms with E-state index in [1.54, 1.807) is 0 Å². The summed E-state index contributed by atoms with van der Waals surface area (Å²) < 4.78 is 57.8. The summed E-state index contributed by atoms with van der Waals surface area (Å²) in [5, 5.41) is 2.30. The predicted molar refractivity (Wildman–Crippen MR) is 112 cm³/mol. The molecule has 32 heavy (non-hydrogen) atoms. The van der Waals surface area contributed by atoms with Gasteiger partial charge in [-0.1, -0.05) is 23.2 Å². The maximum absolute atomic E-state index is 13.3. The van der Waals surface area contributed by atoms with Crippen LogP contribution in [-0.2, 0) is 9.53 Å². The van der Waals surface area contributed by atoms with Crippen LogP contribution in [0.4, 0.5) is 23.4 Å². The molecule has 1 aliphatic heterocycles. The topological polar surface area (TPSA) is 80.2 Å². The molecule has 0 aliphatic carbocycles. The highest BCUT2D eigenvalue weighted by Crippen LogP contribution is 2.36. The summed E-state index contributed by atoms with van der Waals surface area (Å²) >= 11 is 12.0. The molecule has 2 aromatic heterocycles. The van der Waals surface area contributed by atoms with E-state index < -0.39 is 18.2 Å². The lowest BCUT2D eigenvalue weighted by Crippen LogP contribution is -2.58. The third-order valence-corrected chi connectivity index (χ3v) is 4.79. The Morgan fingerprint density at radius 2 is 1.94 bits per heavy atom. The van der Waals surface area contributed by atoms with E-state index >= 15 is 0 Å². The molecule has 2 aromatic rings. The number of anilines is 1. The highest BCUT2D eigenvalue weighted by atomic mass is 35.5. The first-order valence-electron chi connectivity index (χ1n) is 9.34. The number of nitrogens with one attached hydrogen (secondary N) is 1. The van der Waals surface area contributed by atoms with Crippen molar-refractivity contribution >= 4 is 35.5 Å². The zero-order valence-electron chi connectivity index (χ0n) is 17.4. The minimum Gasteiger partial charge on any atom is -0.462 e. The van der Waals surface area contributed by atoms with E-state index in [9.17, 15) is 22.4 Å². The van der Waals surface area contributed by atoms with Crippen molar-refractivity contribution in [3.63, 3.8) is 0 Å². The Balaban J connectivity index is 0.000000451. The Bertz CT molecular complexity index is 941. The Morgan fingerprint density at radius 3 is 2.47 bits per heavy atom. The van der Waals surface area contributed by atoms with Gasteiger partial charge in [0.05, 0.1) is 0 Å². The summed E-state index contributed by atoms with van der Waals surface area (Å²) in [7, 11) is 0. The van der Waals surface area contributed by atoms with Crippen LogP contribution in [0.2, 0.25) is 10.2 Å². The molecule has 0 aromatic carbocycles. The van der Waals surface area contributed by atoms with Gasteiger partial charge in [-0.05, 0) is 26.8 Å². The molecule has 7 nitrogen and oxygen atoms in total. The quantitative estimate of drug-likeness (QED) is 0.293. The molecule has 1 saturated heterocycles. The number of halogens is 6. The van der Waals surface area contributed by atoms with Crippen molar-refractivity contribution in [2.75, 3.05) is 24.5 Å². The number of hydrogen-bond acceptors (Lipinski definition) is 7. The van der Waals surface area contributed by atoms with Crippen LogP contribution in [0.1, 0.15) is 20.8 Å². The fourth-order valence-corrected chi connectivity index (χ4v) is 3.02. The summed E-state index contributed by atoms with van der Waals surface area (Å²) in [5.74, 6) is -0.952. The fourth-order valence-electron chi connectivity index (χ4n) is 2.66. The van der Waals surface area contributed by atoms with Crippen LogP contribution in [0.25, 0.3) is 11.4 Å². The number of rotatable bonds is 3. The van der Waals surface area contributed by atoms with Crippen molar-refractivity contribution in [1.82, 2.24) is 20.3 Å². The molecule has 0 bridgehead atoms. The van der Waals surface area contributed by atoms with Crippen LogP contribution in [0.3, 0.4) is 0 Å². The lowest BCUT2D eigenvalue weighted by Gasteiger charge is -2.38. The highest BCUT2D eigenvalue weighted by molar-refractivity contribution is 6.42. The van der Waals surface area contributed by atoms with Crippen LogP contribution in [0.5, 0.6) is 0 Å². The first kappa shape index (κ1) is 26.0. The standard InChI is InChI=1S/C14H11Cl2F4N5.C5H10O2/c15-10-11(16)23-12(7-1-2-22-9(17)5-7)24-13(10)25-4-3-21-6-8(25)14(18,19)20;1-5(2,3)7-4-6/h1-2,5,8,21H,3-4,6H2;4H,1-3H3. The van der Waals surface area contributed by atoms with Crippen LogP contribution in [0, 0.1) is 5.95 Å². The molecular formula is C19H21Cl2F4N5O2. The van der Waals surface area contributed by atoms with Gasteiger partial charge in [0.15, 0.2) is 16.8 Å². The summed E-state index contributed by atoms with van der Waals surface area (Å²) in [4.78, 5) is 22.1. The smallest absolute Gasteiger partial charge is 0.410 e. The highest BCUT2D eigenvalue weighted by Gasteiger charge is 2.46. The summed E-state index contributed by atoms with van der Waals surface area (Å²) in [6.45, 7) is 5.97. The van der Waals surface area contributed by atoms with Crippen molar-refractivity contribution in [1.29, 1.82) is 0 Å². The van der Waals surface area contributed by atoms with E-state index in [-0.39, 0.29) is 46.1 Å². The predicted octanol–water partition coefficient (Wildman–Crippen LogP) is 4.28. The summed E-state index contributed by atoms with van der Waals surface area (Å²) in [6, 6.07) is 0.667. The zero-order chi connectivity index (χ0) is 24.1. The second-order valence-corrected chi connectivity index (χ2v) is 8.36. The normalized spacial score (nSPS) is 16.8. The van der Waals surface area contributed by atoms with Crippen LogP contribution >= 0.6 is 23.2 Å². The van der Waals surface area contributed by atoms with E-state index in [2.05, 4.69) is 25.0 Å². The molecule has 13 heteroatoms. The molecule has 1 aliphatic rings. The third-order valence-electron chi connectivity index (χ3n) is 4.07. The zero-order valence-corrected chi connectivity index (χ0v) is 18.9. The van der Waals surface area contributed by atoms with Gasteiger partial charge in [0.25, 0.3) is 6.47 Å². The van der Waals surface area contributed by atoms with E-state index in [1.165, 1.54) is 12.3 Å². The van der Waals surface area contributed by atoms with E-state index in [0.717, 1.165) is 11.0 Å². The molecule has 1 atom stereocenters. The molecule has 3 heterocycles. The Kier molecular flexibility index (Phi) is 8.60. The van der Waals surface area contributed by atoms with Crippen LogP contribution in [0.15, 0.2) is 18.3 Å². The number of ether oxygens (including phenoxy) is 1. The largest absolute Gasteiger partial charge is 0.462 e. The maximum atomic E-state index is 13.3. The van der Waals surface area contributed by atoms with Gasteiger partial charge in [0.1, 0.15) is 16.7 Å². The number of nitrogens with zero attached hydrogens (tertiary/aromatic N) is 4. The number of carbonyl (C=O) groups is 1. The van der Waals surface area contributed by atoms with Crippen molar-refractivity contribution in [2.45, 2.75) is 38.6 Å². The van der Waals surface area contributed by atoms with Crippen molar-refractivity contribution in [3.05, 3.63) is 34.5 Å². The van der Waals surface area contributed by atoms with Crippen molar-refractivity contribution in [3.8, 4) is 11.4 Å². The molecule has 0 saturated carbocycles. The molecule has 0 radical (unpaired) electrons. The monoisotopic (exact) mass is 497 g/mol. The first-order valence-corrected chi connectivity index (χ1v) is 10.1. The van der Waals surface area contributed by atoms with E-state index in [4.69, 9.17) is 23.2 Å². The van der Waals surface area contributed by atoms with Crippen molar-refractivity contribution < 1.29 is 27.1 Å². The lowest BCUT2D eigenvalue weighted by atomic mass is 10.2. The van der Waals surface area contributed by atoms with E-state index in [1.807, 2.05) is 20.8 Å². The average Bonchev–Trinajstić information content (AvgIpc) is 2.69. The third kappa shape index (κ3) is 7.14. The Labute approximate surface area is 192 Å². The molecule has 1 unspecified atom stereocenters. The van der Waals surface area contributed by atoms with Crippen LogP contribution in [-0.4, -0.2) is 58.9 Å². The molecule has 0 amide bonds. The van der Waals surface area contributed by atoms with Gasteiger partial charge in [-0.25, -0.2) is 15.0 Å². The van der Waals surface area contributed by atoms with Gasteiger partial charge < -0.3 is 15.0 Å². The molecular weight excluding hydrogens is 477 g/mol. The maximum Gasteiger partial charge on any atom is 0.410 e. The summed E-state index contributed by atoms with van der Waals surface area (Å²) in [5.41, 5.74) is -0.0899. The second kappa shape index (κ2) is 10.6. The van der Waals surface area contributed by atoms with Gasteiger partial charge in [-0.15, -0.1) is 0 Å². The van der Waals surface area contributed by atoms with Gasteiger partial charge in [0, 0.05) is 37.5 Å². The number of hydrogen-bond donors (Lipinski definition) is 1. The number of alkyl halides is 3. The number of piperazine rings is 1. The Hall–Kier alpha value is -2.24. The van der Waals surface area contributed by atoms with Gasteiger partial charge in [-0.2, -0.15) is 17.6 Å². The summed E-state index contributed by atoms with van der Waals surface area (Å²) in [6.07, 6.45) is -3.29.